The standard InChI is InChI=1S/C9H9F2NO3/c10-7(8(12-11)9(14)15)5-1-3-6(13)4-2-5/h1-4,7-8,12-13H,(H,14,15)/t7?,8-/m0/s1. The number of carboxylic acids is 1. The number of hydrogen-bond acceptors (Lipinski definition) is 3. The van der Waals surface area contributed by atoms with Crippen LogP contribution >= 0.6 is 0 Å². The van der Waals surface area contributed by atoms with Gasteiger partial charge < -0.3 is 10.2 Å². The summed E-state index contributed by atoms with van der Waals surface area (Å²) in [4.78, 5) is 10.4. The molecular formula is C9H9F2NO3. The van der Waals surface area contributed by atoms with Crippen molar-refractivity contribution in [2.45, 2.75) is 12.2 Å². The van der Waals surface area contributed by atoms with E-state index in [9.17, 15) is 13.7 Å². The maximum atomic E-state index is 13.4. The van der Waals surface area contributed by atoms with E-state index in [1.54, 1.807) is 0 Å². The second-order valence-corrected chi connectivity index (χ2v) is 2.92. The molecule has 4 nitrogen and oxygen atoms in total. The first-order valence-corrected chi connectivity index (χ1v) is 4.08. The van der Waals surface area contributed by atoms with Gasteiger partial charge in [0.05, 0.1) is 0 Å². The topological polar surface area (TPSA) is 69.6 Å². The third kappa shape index (κ3) is 2.63. The molecule has 0 amide bonds. The maximum absolute atomic E-state index is 13.4. The second-order valence-electron chi connectivity index (χ2n) is 2.92. The zero-order chi connectivity index (χ0) is 11.4. The lowest BCUT2D eigenvalue weighted by atomic mass is 10.0. The van der Waals surface area contributed by atoms with E-state index in [-0.39, 0.29) is 11.3 Å². The molecule has 1 aromatic carbocycles. The van der Waals surface area contributed by atoms with E-state index in [0.717, 1.165) is 5.54 Å². The Balaban J connectivity index is 2.87. The van der Waals surface area contributed by atoms with Gasteiger partial charge in [0.15, 0.2) is 12.2 Å². The number of aliphatic carboxylic acids is 1. The summed E-state index contributed by atoms with van der Waals surface area (Å²) in [7, 11) is 0. The highest BCUT2D eigenvalue weighted by molar-refractivity contribution is 5.74. The Morgan fingerprint density at radius 2 is 1.87 bits per heavy atom. The minimum Gasteiger partial charge on any atom is -0.508 e. The van der Waals surface area contributed by atoms with Crippen LogP contribution in [0.4, 0.5) is 8.87 Å². The van der Waals surface area contributed by atoms with Gasteiger partial charge in [-0.3, -0.25) is 4.79 Å². The molecular weight excluding hydrogens is 208 g/mol. The Hall–Kier alpha value is -1.69. The SMILES string of the molecule is O=C(O)[C@@H](NF)C(F)c1ccc(O)cc1. The average molecular weight is 217 g/mol. The van der Waals surface area contributed by atoms with Crippen LogP contribution < -0.4 is 5.54 Å². The van der Waals surface area contributed by atoms with Crippen LogP contribution in [-0.4, -0.2) is 22.2 Å². The summed E-state index contributed by atoms with van der Waals surface area (Å²) in [5.74, 6) is -1.70. The lowest BCUT2D eigenvalue weighted by molar-refractivity contribution is -0.143. The Bertz CT molecular complexity index is 342. The van der Waals surface area contributed by atoms with Gasteiger partial charge in [-0.1, -0.05) is 12.1 Å². The molecule has 0 saturated carbocycles. The van der Waals surface area contributed by atoms with E-state index in [4.69, 9.17) is 10.2 Å². The van der Waals surface area contributed by atoms with Crippen molar-refractivity contribution < 1.29 is 23.9 Å². The maximum Gasteiger partial charge on any atom is 0.326 e. The lowest BCUT2D eigenvalue weighted by Crippen LogP contribution is -2.35. The van der Waals surface area contributed by atoms with Crippen molar-refractivity contribution in [3.8, 4) is 5.75 Å². The van der Waals surface area contributed by atoms with E-state index >= 15 is 0 Å². The molecule has 3 N–H and O–H groups in total. The number of carboxylic acid groups (broad SMARTS) is 1. The Morgan fingerprint density at radius 1 is 1.33 bits per heavy atom. The fourth-order valence-corrected chi connectivity index (χ4v) is 1.08. The highest BCUT2D eigenvalue weighted by Gasteiger charge is 2.29. The van der Waals surface area contributed by atoms with Gasteiger partial charge >= 0.3 is 5.97 Å². The fourth-order valence-electron chi connectivity index (χ4n) is 1.08. The van der Waals surface area contributed by atoms with Crippen LogP contribution in [0.5, 0.6) is 5.75 Å². The predicted octanol–water partition coefficient (Wildman–Crippen LogP) is 1.33. The van der Waals surface area contributed by atoms with E-state index in [2.05, 4.69) is 0 Å². The largest absolute Gasteiger partial charge is 0.508 e. The molecule has 1 aromatic rings. The summed E-state index contributed by atoms with van der Waals surface area (Å²) in [5, 5.41) is 17.4. The molecule has 15 heavy (non-hydrogen) atoms. The van der Waals surface area contributed by atoms with Crippen LogP contribution in [0.15, 0.2) is 24.3 Å². The zero-order valence-electron chi connectivity index (χ0n) is 7.52. The lowest BCUT2D eigenvalue weighted by Gasteiger charge is -2.14. The van der Waals surface area contributed by atoms with Crippen molar-refractivity contribution in [2.75, 3.05) is 0 Å². The third-order valence-electron chi connectivity index (χ3n) is 1.89. The number of halogens is 2. The Kier molecular flexibility index (Phi) is 3.56. The normalized spacial score (nSPS) is 14.5. The molecule has 0 spiro atoms. The van der Waals surface area contributed by atoms with Crippen molar-refractivity contribution in [3.05, 3.63) is 29.8 Å². The highest BCUT2D eigenvalue weighted by atomic mass is 19.2. The van der Waals surface area contributed by atoms with Gasteiger partial charge in [0.25, 0.3) is 0 Å². The number of benzene rings is 1. The van der Waals surface area contributed by atoms with Crippen molar-refractivity contribution in [3.63, 3.8) is 0 Å². The van der Waals surface area contributed by atoms with Gasteiger partial charge in [0.1, 0.15) is 5.75 Å². The Morgan fingerprint density at radius 3 is 2.27 bits per heavy atom. The van der Waals surface area contributed by atoms with Gasteiger partial charge in [-0.15, -0.1) is 10.0 Å². The molecule has 1 unspecified atom stereocenters. The number of aromatic hydroxyl groups is 1. The average Bonchev–Trinajstić information content (AvgIpc) is 2.19. The van der Waals surface area contributed by atoms with E-state index in [0.29, 0.717) is 0 Å². The molecule has 0 aliphatic carbocycles. The molecule has 2 atom stereocenters. The van der Waals surface area contributed by atoms with E-state index in [1.807, 2.05) is 0 Å². The second kappa shape index (κ2) is 4.70. The van der Waals surface area contributed by atoms with Gasteiger partial charge in [-0.2, -0.15) is 0 Å². The molecule has 0 aliphatic rings. The fraction of sp³-hybridized carbons (Fsp3) is 0.222. The number of phenols is 1. The molecule has 0 heterocycles. The van der Waals surface area contributed by atoms with Gasteiger partial charge in [0.2, 0.25) is 0 Å². The first-order chi connectivity index (χ1) is 7.06. The molecule has 82 valence electrons. The minimum absolute atomic E-state index is 0.0228. The molecule has 0 aliphatic heterocycles. The quantitative estimate of drug-likeness (QED) is 0.665. The van der Waals surface area contributed by atoms with Crippen LogP contribution in [0.2, 0.25) is 0 Å². The van der Waals surface area contributed by atoms with Gasteiger partial charge in [-0.25, -0.2) is 4.39 Å². The summed E-state index contributed by atoms with van der Waals surface area (Å²) < 4.78 is 25.4. The van der Waals surface area contributed by atoms with Gasteiger partial charge in [0, 0.05) is 0 Å². The molecule has 0 aromatic heterocycles. The van der Waals surface area contributed by atoms with Crippen molar-refractivity contribution in [2.24, 2.45) is 0 Å². The third-order valence-corrected chi connectivity index (χ3v) is 1.89. The Labute approximate surface area is 84.1 Å². The number of alkyl halides is 1. The first-order valence-electron chi connectivity index (χ1n) is 4.08. The summed E-state index contributed by atoms with van der Waals surface area (Å²) in [6.45, 7) is 0. The molecule has 0 fully saturated rings. The van der Waals surface area contributed by atoms with Gasteiger partial charge in [-0.05, 0) is 17.7 Å². The molecule has 0 bridgehead atoms. The number of hydrogen-bond donors (Lipinski definition) is 3. The number of nitrogens with one attached hydrogen (secondary N) is 1. The molecule has 6 heteroatoms. The van der Waals surface area contributed by atoms with E-state index < -0.39 is 18.2 Å². The zero-order valence-corrected chi connectivity index (χ0v) is 7.52. The van der Waals surface area contributed by atoms with E-state index in [1.165, 1.54) is 24.3 Å². The summed E-state index contributed by atoms with van der Waals surface area (Å²) in [6, 6.07) is 2.81. The summed E-state index contributed by atoms with van der Waals surface area (Å²) in [6.07, 6.45) is -2.02. The number of rotatable bonds is 4. The van der Waals surface area contributed by atoms with Crippen LogP contribution in [-0.2, 0) is 4.79 Å². The molecule has 0 radical (unpaired) electrons. The van der Waals surface area contributed by atoms with Crippen molar-refractivity contribution in [1.29, 1.82) is 0 Å². The summed E-state index contributed by atoms with van der Waals surface area (Å²) in [5.41, 5.74) is 0.854. The van der Waals surface area contributed by atoms with Crippen LogP contribution in [0.1, 0.15) is 11.7 Å². The number of carbonyl (C=O) groups is 1. The van der Waals surface area contributed by atoms with Crippen molar-refractivity contribution in [1.82, 2.24) is 5.54 Å². The minimum atomic E-state index is -2.02. The monoisotopic (exact) mass is 217 g/mol. The van der Waals surface area contributed by atoms with Crippen molar-refractivity contribution >= 4 is 5.97 Å². The first kappa shape index (κ1) is 11.4. The smallest absolute Gasteiger partial charge is 0.326 e. The molecule has 1 rings (SSSR count). The summed E-state index contributed by atoms with van der Waals surface area (Å²) >= 11 is 0. The number of phenolic OH excluding ortho intramolecular Hbond substituents is 1. The van der Waals surface area contributed by atoms with Crippen LogP contribution in [0.25, 0.3) is 0 Å². The predicted molar refractivity (Wildman–Crippen MR) is 47.6 cm³/mol. The van der Waals surface area contributed by atoms with Crippen LogP contribution in [0.3, 0.4) is 0 Å². The highest BCUT2D eigenvalue weighted by Crippen LogP contribution is 2.23. The van der Waals surface area contributed by atoms with Crippen LogP contribution in [0, 0.1) is 0 Å². The molecule has 0 saturated heterocycles.